The van der Waals surface area contributed by atoms with Crippen LogP contribution in [0.3, 0.4) is 0 Å². The van der Waals surface area contributed by atoms with Gasteiger partial charge in [-0.05, 0) is 24.6 Å². The van der Waals surface area contributed by atoms with Crippen LogP contribution in [0.5, 0.6) is 0 Å². The number of para-hydroxylation sites is 1. The number of carbonyl (C=O) groups is 1. The molecule has 0 heterocycles. The molecule has 0 saturated heterocycles. The fraction of sp³-hybridized carbons (Fsp3) is 0.0588. The van der Waals surface area contributed by atoms with Crippen molar-refractivity contribution in [2.45, 2.75) is 6.92 Å². The van der Waals surface area contributed by atoms with Crippen LogP contribution in [0.2, 0.25) is 0 Å². The first-order valence-electron chi connectivity index (χ1n) is 6.53. The summed E-state index contributed by atoms with van der Waals surface area (Å²) in [6, 6.07) is 16.8. The molecule has 0 aliphatic rings. The molecule has 0 aliphatic heterocycles. The van der Waals surface area contributed by atoms with Crippen molar-refractivity contribution in [2.24, 2.45) is 5.16 Å². The van der Waals surface area contributed by atoms with Crippen molar-refractivity contribution in [3.63, 3.8) is 0 Å². The Bertz CT molecular complexity index is 676. The van der Waals surface area contributed by atoms with Gasteiger partial charge < -0.3 is 10.5 Å². The van der Waals surface area contributed by atoms with E-state index in [-0.39, 0.29) is 5.91 Å². The minimum atomic E-state index is -0.239. The number of oxime groups is 1. The molecule has 0 aromatic heterocycles. The maximum Gasteiger partial charge on any atom is 0.248 e. The van der Waals surface area contributed by atoms with E-state index in [4.69, 9.17) is 5.21 Å². The highest BCUT2D eigenvalue weighted by atomic mass is 16.4. The summed E-state index contributed by atoms with van der Waals surface area (Å²) in [4.78, 5) is 11.9. The van der Waals surface area contributed by atoms with E-state index >= 15 is 0 Å². The molecule has 21 heavy (non-hydrogen) atoms. The van der Waals surface area contributed by atoms with Crippen molar-refractivity contribution in [1.29, 1.82) is 0 Å². The zero-order chi connectivity index (χ0) is 15.1. The summed E-state index contributed by atoms with van der Waals surface area (Å²) in [6.45, 7) is 1.67. The van der Waals surface area contributed by atoms with Crippen molar-refractivity contribution in [1.82, 2.24) is 0 Å². The van der Waals surface area contributed by atoms with Gasteiger partial charge in [0.05, 0.1) is 11.4 Å². The maximum atomic E-state index is 11.9. The molecule has 0 fully saturated rings. The second-order valence-electron chi connectivity index (χ2n) is 4.46. The van der Waals surface area contributed by atoms with Crippen molar-refractivity contribution >= 4 is 23.4 Å². The van der Waals surface area contributed by atoms with Crippen molar-refractivity contribution in [3.05, 3.63) is 71.8 Å². The van der Waals surface area contributed by atoms with E-state index in [1.165, 1.54) is 6.08 Å². The first-order valence-corrected chi connectivity index (χ1v) is 6.53. The normalized spacial score (nSPS) is 11.6. The molecule has 2 N–H and O–H groups in total. The Morgan fingerprint density at radius 3 is 2.48 bits per heavy atom. The monoisotopic (exact) mass is 280 g/mol. The third kappa shape index (κ3) is 4.04. The number of amides is 1. The average molecular weight is 280 g/mol. The summed E-state index contributed by atoms with van der Waals surface area (Å²) < 4.78 is 0. The molecular formula is C17H16N2O2. The molecule has 0 bridgehead atoms. The number of hydrogen-bond donors (Lipinski definition) is 2. The highest BCUT2D eigenvalue weighted by molar-refractivity contribution is 6.09. The first kappa shape index (κ1) is 14.5. The maximum absolute atomic E-state index is 11.9. The number of nitrogens with one attached hydrogen (secondary N) is 1. The van der Waals surface area contributed by atoms with Crippen LogP contribution in [-0.4, -0.2) is 16.8 Å². The van der Waals surface area contributed by atoms with Crippen molar-refractivity contribution in [2.75, 3.05) is 5.32 Å². The predicted octanol–water partition coefficient (Wildman–Crippen LogP) is 3.54. The Labute approximate surface area is 123 Å². The summed E-state index contributed by atoms with van der Waals surface area (Å²) in [6.07, 6.45) is 3.21. The highest BCUT2D eigenvalue weighted by Crippen LogP contribution is 2.16. The summed E-state index contributed by atoms with van der Waals surface area (Å²) in [5.74, 6) is -0.239. The standard InChI is InChI=1S/C17H16N2O2/c1-13(19-21)15-9-5-6-10-16(15)18-17(20)12-11-14-7-3-2-4-8-14/h2-12,21H,1H3,(H,18,20)/b12-11+,19-13+. The number of hydrogen-bond acceptors (Lipinski definition) is 3. The van der Waals surface area contributed by atoms with Gasteiger partial charge in [-0.1, -0.05) is 53.7 Å². The minimum Gasteiger partial charge on any atom is -0.411 e. The van der Waals surface area contributed by atoms with Gasteiger partial charge in [-0.3, -0.25) is 4.79 Å². The Morgan fingerprint density at radius 1 is 1.10 bits per heavy atom. The molecule has 2 rings (SSSR count). The molecule has 0 aliphatic carbocycles. The Morgan fingerprint density at radius 2 is 1.76 bits per heavy atom. The van der Waals surface area contributed by atoms with Gasteiger partial charge >= 0.3 is 0 Å². The average Bonchev–Trinajstić information content (AvgIpc) is 2.54. The van der Waals surface area contributed by atoms with Gasteiger partial charge in [0.15, 0.2) is 0 Å². The highest BCUT2D eigenvalue weighted by Gasteiger charge is 2.07. The zero-order valence-corrected chi connectivity index (χ0v) is 11.7. The Hall–Kier alpha value is -2.88. The van der Waals surface area contributed by atoms with Gasteiger partial charge in [0.1, 0.15) is 0 Å². The summed E-state index contributed by atoms with van der Waals surface area (Å²) >= 11 is 0. The third-order valence-corrected chi connectivity index (χ3v) is 2.95. The van der Waals surface area contributed by atoms with Crippen LogP contribution < -0.4 is 5.32 Å². The Kier molecular flexibility index (Phi) is 4.88. The lowest BCUT2D eigenvalue weighted by Crippen LogP contribution is -2.11. The molecule has 0 spiro atoms. The molecule has 4 heteroatoms. The van der Waals surface area contributed by atoms with E-state index in [0.29, 0.717) is 17.0 Å². The summed E-state index contributed by atoms with van der Waals surface area (Å²) in [5.41, 5.74) is 2.68. The van der Waals surface area contributed by atoms with Crippen LogP contribution in [0.1, 0.15) is 18.1 Å². The zero-order valence-electron chi connectivity index (χ0n) is 11.7. The molecule has 0 atom stereocenters. The van der Waals surface area contributed by atoms with Crippen LogP contribution in [0.15, 0.2) is 65.8 Å². The van der Waals surface area contributed by atoms with Gasteiger partial charge in [-0.25, -0.2) is 0 Å². The molecule has 2 aromatic carbocycles. The van der Waals surface area contributed by atoms with E-state index in [0.717, 1.165) is 5.56 Å². The smallest absolute Gasteiger partial charge is 0.248 e. The van der Waals surface area contributed by atoms with Crippen molar-refractivity contribution < 1.29 is 10.0 Å². The molecular weight excluding hydrogens is 264 g/mol. The van der Waals surface area contributed by atoms with Crippen LogP contribution in [-0.2, 0) is 4.79 Å². The number of rotatable bonds is 4. The van der Waals surface area contributed by atoms with Crippen LogP contribution in [0.4, 0.5) is 5.69 Å². The first-order chi connectivity index (χ1) is 10.2. The summed E-state index contributed by atoms with van der Waals surface area (Å²) in [5, 5.41) is 14.8. The number of nitrogens with zero attached hydrogens (tertiary/aromatic N) is 1. The topological polar surface area (TPSA) is 61.7 Å². The number of carbonyl (C=O) groups excluding carboxylic acids is 1. The predicted molar refractivity (Wildman–Crippen MR) is 84.5 cm³/mol. The van der Waals surface area contributed by atoms with Gasteiger partial charge in [-0.15, -0.1) is 0 Å². The third-order valence-electron chi connectivity index (χ3n) is 2.95. The molecule has 4 nitrogen and oxygen atoms in total. The minimum absolute atomic E-state index is 0.239. The van der Waals surface area contributed by atoms with E-state index in [9.17, 15) is 4.79 Å². The second-order valence-corrected chi connectivity index (χ2v) is 4.46. The SMILES string of the molecule is C/C(=N\O)c1ccccc1NC(=O)/C=C/c1ccccc1. The lowest BCUT2D eigenvalue weighted by Gasteiger charge is -2.08. The van der Waals surface area contributed by atoms with E-state index < -0.39 is 0 Å². The fourth-order valence-electron chi connectivity index (χ4n) is 1.87. The largest absolute Gasteiger partial charge is 0.411 e. The van der Waals surface area contributed by atoms with E-state index in [1.807, 2.05) is 42.5 Å². The van der Waals surface area contributed by atoms with E-state index in [1.54, 1.807) is 25.1 Å². The lowest BCUT2D eigenvalue weighted by molar-refractivity contribution is -0.111. The van der Waals surface area contributed by atoms with Crippen LogP contribution in [0.25, 0.3) is 6.08 Å². The number of benzene rings is 2. The molecule has 0 saturated carbocycles. The fourth-order valence-corrected chi connectivity index (χ4v) is 1.87. The second kappa shape index (κ2) is 7.05. The summed E-state index contributed by atoms with van der Waals surface area (Å²) in [7, 11) is 0. The lowest BCUT2D eigenvalue weighted by atomic mass is 10.1. The molecule has 0 unspecified atom stereocenters. The Balaban J connectivity index is 2.12. The van der Waals surface area contributed by atoms with Gasteiger partial charge in [0.2, 0.25) is 5.91 Å². The van der Waals surface area contributed by atoms with Gasteiger partial charge in [-0.2, -0.15) is 0 Å². The molecule has 106 valence electrons. The molecule has 0 radical (unpaired) electrons. The van der Waals surface area contributed by atoms with Crippen LogP contribution >= 0.6 is 0 Å². The molecule has 2 aromatic rings. The van der Waals surface area contributed by atoms with Gasteiger partial charge in [0, 0.05) is 11.6 Å². The van der Waals surface area contributed by atoms with Crippen molar-refractivity contribution in [3.8, 4) is 0 Å². The molecule has 1 amide bonds. The van der Waals surface area contributed by atoms with Gasteiger partial charge in [0.25, 0.3) is 0 Å². The van der Waals surface area contributed by atoms with E-state index in [2.05, 4.69) is 10.5 Å². The number of anilines is 1. The quantitative estimate of drug-likeness (QED) is 0.389. The van der Waals surface area contributed by atoms with Crippen LogP contribution in [0, 0.1) is 0 Å².